The highest BCUT2D eigenvalue weighted by Crippen LogP contribution is 2.47. The molecule has 0 saturated carbocycles. The number of anilines is 1. The van der Waals surface area contributed by atoms with Crippen molar-refractivity contribution in [1.82, 2.24) is 5.01 Å². The highest BCUT2D eigenvalue weighted by molar-refractivity contribution is 7.92. The zero-order chi connectivity index (χ0) is 23.2. The number of hydrogen-bond acceptors (Lipinski definition) is 7. The minimum absolute atomic E-state index is 0.0190. The normalized spacial score (nSPS) is 19.2. The maximum Gasteiger partial charge on any atom is 0.269 e. The lowest BCUT2D eigenvalue weighted by atomic mass is 9.96. The number of nitrogens with one attached hydrogen (secondary N) is 1. The van der Waals surface area contributed by atoms with E-state index in [-0.39, 0.29) is 11.7 Å². The quantitative estimate of drug-likeness (QED) is 0.447. The third-order valence-corrected chi connectivity index (χ3v) is 6.17. The summed E-state index contributed by atoms with van der Waals surface area (Å²) in [6.45, 7) is 0. The van der Waals surface area contributed by atoms with Crippen molar-refractivity contribution in [1.29, 1.82) is 0 Å². The molecule has 3 aromatic rings. The molecule has 0 saturated heterocycles. The number of hydrazone groups is 1. The molecule has 0 bridgehead atoms. The number of sulfonamides is 1. The van der Waals surface area contributed by atoms with Crippen LogP contribution in [0.4, 0.5) is 11.4 Å². The third-order valence-electron chi connectivity index (χ3n) is 5.56. The molecule has 0 unspecified atom stereocenters. The van der Waals surface area contributed by atoms with Crippen LogP contribution in [0.1, 0.15) is 35.4 Å². The van der Waals surface area contributed by atoms with Gasteiger partial charge in [-0.3, -0.25) is 14.8 Å². The predicted octanol–water partition coefficient (Wildman–Crippen LogP) is 4.21. The van der Waals surface area contributed by atoms with Crippen molar-refractivity contribution in [3.05, 3.63) is 99.6 Å². The molecule has 2 aliphatic heterocycles. The van der Waals surface area contributed by atoms with E-state index in [9.17, 15) is 18.5 Å². The summed E-state index contributed by atoms with van der Waals surface area (Å²) >= 11 is 0. The summed E-state index contributed by atoms with van der Waals surface area (Å²) in [7, 11) is -3.41. The maximum atomic E-state index is 11.6. The summed E-state index contributed by atoms with van der Waals surface area (Å²) in [6.07, 6.45) is 1.04. The summed E-state index contributed by atoms with van der Waals surface area (Å²) in [4.78, 5) is 10.9. The average molecular weight is 465 g/mol. The van der Waals surface area contributed by atoms with E-state index < -0.39 is 21.2 Å². The summed E-state index contributed by atoms with van der Waals surface area (Å²) < 4.78 is 32.0. The Labute approximate surface area is 190 Å². The molecule has 10 heteroatoms. The van der Waals surface area contributed by atoms with Gasteiger partial charge in [0.25, 0.3) is 5.69 Å². The number of nitrogens with zero attached hydrogens (tertiary/aromatic N) is 3. The van der Waals surface area contributed by atoms with Crippen LogP contribution in [-0.4, -0.2) is 30.3 Å². The number of ether oxygens (including phenoxy) is 1. The zero-order valence-corrected chi connectivity index (χ0v) is 18.4. The number of fused-ring (bicyclic) bond motifs is 3. The van der Waals surface area contributed by atoms with Crippen molar-refractivity contribution >= 4 is 27.1 Å². The largest absolute Gasteiger partial charge is 0.464 e. The van der Waals surface area contributed by atoms with Gasteiger partial charge in [0.2, 0.25) is 16.3 Å². The molecule has 0 aromatic heterocycles. The molecule has 2 aliphatic rings. The molecule has 0 amide bonds. The molecular weight excluding hydrogens is 444 g/mol. The highest BCUT2D eigenvalue weighted by atomic mass is 32.2. The Bertz CT molecular complexity index is 1390. The standard InChI is InChI=1S/C23H20N4O5S/c1-33(30,31)25-17-8-4-6-15(12-17)20-14-21-19-10-2-3-11-22(19)32-23(26(21)24-20)16-7-5-9-18(13-16)27(28)29/h2-13,21,23,25H,14H2,1H3/t21-,23-/m0/s1. The molecule has 168 valence electrons. The molecule has 9 nitrogen and oxygen atoms in total. The van der Waals surface area contributed by atoms with Crippen LogP contribution in [0.5, 0.6) is 5.75 Å². The van der Waals surface area contributed by atoms with Crippen LogP contribution in [-0.2, 0) is 10.0 Å². The summed E-state index contributed by atoms with van der Waals surface area (Å²) in [5.74, 6) is 0.708. The predicted molar refractivity (Wildman–Crippen MR) is 124 cm³/mol. The van der Waals surface area contributed by atoms with E-state index in [1.54, 1.807) is 30.3 Å². The molecule has 0 radical (unpaired) electrons. The first kappa shape index (κ1) is 21.0. The molecule has 0 fully saturated rings. The van der Waals surface area contributed by atoms with Crippen LogP contribution in [0.25, 0.3) is 0 Å². The monoisotopic (exact) mass is 464 g/mol. The van der Waals surface area contributed by atoms with Gasteiger partial charge in [0.1, 0.15) is 5.75 Å². The number of nitro groups is 1. The zero-order valence-electron chi connectivity index (χ0n) is 17.6. The summed E-state index contributed by atoms with van der Waals surface area (Å²) in [5, 5.41) is 18.0. The first-order valence-corrected chi connectivity index (χ1v) is 12.1. The van der Waals surface area contributed by atoms with E-state index in [4.69, 9.17) is 9.84 Å². The topological polar surface area (TPSA) is 114 Å². The number of rotatable bonds is 5. The van der Waals surface area contributed by atoms with E-state index in [1.165, 1.54) is 12.1 Å². The fraction of sp³-hybridized carbons (Fsp3) is 0.174. The number of benzene rings is 3. The lowest BCUT2D eigenvalue weighted by Crippen LogP contribution is -2.33. The van der Waals surface area contributed by atoms with Crippen molar-refractivity contribution in [2.75, 3.05) is 11.0 Å². The molecule has 33 heavy (non-hydrogen) atoms. The van der Waals surface area contributed by atoms with E-state index in [2.05, 4.69) is 4.72 Å². The Morgan fingerprint density at radius 3 is 2.67 bits per heavy atom. The Kier molecular flexibility index (Phi) is 5.01. The second kappa shape index (κ2) is 7.89. The Balaban J connectivity index is 1.56. The van der Waals surface area contributed by atoms with Crippen molar-refractivity contribution in [2.24, 2.45) is 5.10 Å². The summed E-state index contributed by atoms with van der Waals surface area (Å²) in [5.41, 5.74) is 3.59. The molecule has 3 aromatic carbocycles. The molecular formula is C23H20N4O5S. The van der Waals surface area contributed by atoms with Gasteiger partial charge in [-0.15, -0.1) is 0 Å². The Hall–Kier alpha value is -3.92. The van der Waals surface area contributed by atoms with Crippen molar-refractivity contribution in [3.8, 4) is 5.75 Å². The first-order valence-electron chi connectivity index (χ1n) is 10.2. The van der Waals surface area contributed by atoms with Gasteiger partial charge in [0.15, 0.2) is 0 Å². The van der Waals surface area contributed by atoms with Crippen molar-refractivity contribution in [2.45, 2.75) is 18.7 Å². The number of hydrogen-bond donors (Lipinski definition) is 1. The minimum atomic E-state index is -3.41. The van der Waals surface area contributed by atoms with Gasteiger partial charge < -0.3 is 4.74 Å². The van der Waals surface area contributed by atoms with Gasteiger partial charge in [0.05, 0.1) is 22.9 Å². The number of nitro benzene ring substituents is 1. The van der Waals surface area contributed by atoms with Gasteiger partial charge in [-0.2, -0.15) is 5.10 Å². The summed E-state index contributed by atoms with van der Waals surface area (Å²) in [6, 6.07) is 21.0. The SMILES string of the molecule is CS(=O)(=O)Nc1cccc(C2=NN3[C@@H](C2)c2ccccc2O[C@H]3c2cccc([N+](=O)[O-])c2)c1. The van der Waals surface area contributed by atoms with E-state index >= 15 is 0 Å². The Morgan fingerprint density at radius 2 is 1.88 bits per heavy atom. The van der Waals surface area contributed by atoms with Gasteiger partial charge in [-0.05, 0) is 23.8 Å². The highest BCUT2D eigenvalue weighted by Gasteiger charge is 2.41. The van der Waals surface area contributed by atoms with Crippen LogP contribution in [0, 0.1) is 10.1 Å². The van der Waals surface area contributed by atoms with E-state index in [0.717, 1.165) is 23.1 Å². The van der Waals surface area contributed by atoms with Crippen LogP contribution in [0.2, 0.25) is 0 Å². The van der Waals surface area contributed by atoms with E-state index in [1.807, 2.05) is 35.3 Å². The van der Waals surface area contributed by atoms with Crippen LogP contribution in [0.3, 0.4) is 0 Å². The van der Waals surface area contributed by atoms with Crippen molar-refractivity contribution in [3.63, 3.8) is 0 Å². The molecule has 0 spiro atoms. The Morgan fingerprint density at radius 1 is 1.09 bits per heavy atom. The maximum absolute atomic E-state index is 11.6. The van der Waals surface area contributed by atoms with E-state index in [0.29, 0.717) is 23.4 Å². The van der Waals surface area contributed by atoms with Crippen LogP contribution >= 0.6 is 0 Å². The van der Waals surface area contributed by atoms with Gasteiger partial charge in [-0.25, -0.2) is 13.4 Å². The van der Waals surface area contributed by atoms with Crippen LogP contribution in [0.15, 0.2) is 77.9 Å². The van der Waals surface area contributed by atoms with Gasteiger partial charge >= 0.3 is 0 Å². The number of para-hydroxylation sites is 1. The fourth-order valence-electron chi connectivity index (χ4n) is 4.20. The first-order chi connectivity index (χ1) is 15.8. The molecule has 0 aliphatic carbocycles. The lowest BCUT2D eigenvalue weighted by molar-refractivity contribution is -0.385. The fourth-order valence-corrected chi connectivity index (χ4v) is 4.75. The molecule has 2 heterocycles. The number of non-ortho nitro benzene ring substituents is 1. The van der Waals surface area contributed by atoms with Crippen LogP contribution < -0.4 is 9.46 Å². The lowest BCUT2D eigenvalue weighted by Gasteiger charge is -2.38. The van der Waals surface area contributed by atoms with Gasteiger partial charge in [0, 0.05) is 35.4 Å². The smallest absolute Gasteiger partial charge is 0.269 e. The second-order valence-corrected chi connectivity index (χ2v) is 9.71. The average Bonchev–Trinajstić information content (AvgIpc) is 3.23. The molecule has 1 N–H and O–H groups in total. The second-order valence-electron chi connectivity index (χ2n) is 7.96. The minimum Gasteiger partial charge on any atom is -0.464 e. The molecule has 2 atom stereocenters. The van der Waals surface area contributed by atoms with Crippen molar-refractivity contribution < 1.29 is 18.1 Å². The third kappa shape index (κ3) is 4.12. The molecule has 5 rings (SSSR count). The van der Waals surface area contributed by atoms with Gasteiger partial charge in [-0.1, -0.05) is 42.5 Å².